The van der Waals surface area contributed by atoms with Gasteiger partial charge < -0.3 is 14.8 Å². The summed E-state index contributed by atoms with van der Waals surface area (Å²) in [5.41, 5.74) is 0.505. The summed E-state index contributed by atoms with van der Waals surface area (Å²) in [5, 5.41) is 2.77. The molecule has 0 aliphatic heterocycles. The lowest BCUT2D eigenvalue weighted by Crippen LogP contribution is -2.32. The lowest BCUT2D eigenvalue weighted by molar-refractivity contribution is -0.122. The van der Waals surface area contributed by atoms with Crippen LogP contribution < -0.4 is 14.8 Å². The Morgan fingerprint density at radius 2 is 1.52 bits per heavy atom. The summed E-state index contributed by atoms with van der Waals surface area (Å²) in [6.45, 7) is 6.25. The molecular weight excluding hydrogens is 392 g/mol. The molecule has 7 nitrogen and oxygen atoms in total. The number of ether oxygens (including phenoxy) is 2. The lowest BCUT2D eigenvalue weighted by atomic mass is 10.2. The molecule has 0 fully saturated rings. The Labute approximate surface area is 172 Å². The van der Waals surface area contributed by atoms with Crippen LogP contribution in [0.4, 0.5) is 5.69 Å². The van der Waals surface area contributed by atoms with E-state index in [1.165, 1.54) is 16.4 Å². The van der Waals surface area contributed by atoms with Crippen LogP contribution >= 0.6 is 0 Å². The van der Waals surface area contributed by atoms with Crippen molar-refractivity contribution >= 4 is 21.6 Å². The molecule has 2 rings (SSSR count). The largest absolute Gasteiger partial charge is 0.497 e. The van der Waals surface area contributed by atoms with E-state index < -0.39 is 16.1 Å². The van der Waals surface area contributed by atoms with Gasteiger partial charge in [0, 0.05) is 18.8 Å². The standard InChI is InChI=1S/C21H28N2O5S/c1-5-20(28-18-12-10-17(27-4)11-13-18)21(24)22-16-8-14-19(15-9-16)29(25,26)23(6-2)7-3/h8-15,20H,5-7H2,1-4H3,(H,22,24)/t20-/m1/s1. The number of carbonyl (C=O) groups is 1. The van der Waals surface area contributed by atoms with Crippen LogP contribution in [0.15, 0.2) is 53.4 Å². The van der Waals surface area contributed by atoms with E-state index in [1.54, 1.807) is 57.4 Å². The molecule has 158 valence electrons. The van der Waals surface area contributed by atoms with Crippen LogP contribution in [-0.4, -0.2) is 44.9 Å². The molecule has 0 saturated carbocycles. The third-order valence-corrected chi connectivity index (χ3v) is 6.53. The molecule has 2 aromatic carbocycles. The summed E-state index contributed by atoms with van der Waals surface area (Å²) >= 11 is 0. The SMILES string of the molecule is CC[C@@H](Oc1ccc(OC)cc1)C(=O)Nc1ccc(S(=O)(=O)N(CC)CC)cc1. The topological polar surface area (TPSA) is 84.9 Å². The van der Waals surface area contributed by atoms with Gasteiger partial charge in [0.15, 0.2) is 6.10 Å². The number of rotatable bonds is 10. The van der Waals surface area contributed by atoms with Gasteiger partial charge in [0.1, 0.15) is 11.5 Å². The third kappa shape index (κ3) is 5.71. The quantitative estimate of drug-likeness (QED) is 0.636. The summed E-state index contributed by atoms with van der Waals surface area (Å²) in [7, 11) is -1.95. The van der Waals surface area contributed by atoms with Crippen molar-refractivity contribution in [1.29, 1.82) is 0 Å². The van der Waals surface area contributed by atoms with Crippen LogP contribution in [0.2, 0.25) is 0 Å². The van der Waals surface area contributed by atoms with Crippen molar-refractivity contribution in [2.75, 3.05) is 25.5 Å². The van der Waals surface area contributed by atoms with Crippen molar-refractivity contribution in [3.8, 4) is 11.5 Å². The van der Waals surface area contributed by atoms with Crippen molar-refractivity contribution in [1.82, 2.24) is 4.31 Å². The Morgan fingerprint density at radius 3 is 2.00 bits per heavy atom. The van der Waals surface area contributed by atoms with Gasteiger partial charge in [0.2, 0.25) is 10.0 Å². The average molecular weight is 421 g/mol. The van der Waals surface area contributed by atoms with Crippen LogP contribution in [0, 0.1) is 0 Å². The summed E-state index contributed by atoms with van der Waals surface area (Å²) in [4.78, 5) is 12.8. The first-order valence-electron chi connectivity index (χ1n) is 9.57. The highest BCUT2D eigenvalue weighted by molar-refractivity contribution is 7.89. The van der Waals surface area contributed by atoms with Gasteiger partial charge >= 0.3 is 0 Å². The van der Waals surface area contributed by atoms with Gasteiger partial charge in [-0.3, -0.25) is 4.79 Å². The minimum Gasteiger partial charge on any atom is -0.497 e. The molecule has 29 heavy (non-hydrogen) atoms. The number of methoxy groups -OCH3 is 1. The minimum atomic E-state index is -3.53. The summed E-state index contributed by atoms with van der Waals surface area (Å²) in [6.07, 6.45) is -0.200. The van der Waals surface area contributed by atoms with E-state index in [1.807, 2.05) is 6.92 Å². The number of hydrogen-bond acceptors (Lipinski definition) is 5. The molecule has 0 aliphatic carbocycles. The lowest BCUT2D eigenvalue weighted by Gasteiger charge is -2.19. The molecule has 0 aromatic heterocycles. The molecule has 2 aromatic rings. The van der Waals surface area contributed by atoms with Gasteiger partial charge in [-0.25, -0.2) is 8.42 Å². The van der Waals surface area contributed by atoms with E-state index in [9.17, 15) is 13.2 Å². The van der Waals surface area contributed by atoms with Crippen molar-refractivity contribution in [2.45, 2.75) is 38.2 Å². The smallest absolute Gasteiger partial charge is 0.265 e. The number of nitrogens with one attached hydrogen (secondary N) is 1. The highest BCUT2D eigenvalue weighted by Gasteiger charge is 2.22. The first-order valence-corrected chi connectivity index (χ1v) is 11.0. The van der Waals surface area contributed by atoms with Gasteiger partial charge in [-0.15, -0.1) is 0 Å². The molecule has 0 spiro atoms. The average Bonchev–Trinajstić information content (AvgIpc) is 2.73. The third-order valence-electron chi connectivity index (χ3n) is 4.47. The van der Waals surface area contributed by atoms with Gasteiger partial charge in [-0.1, -0.05) is 20.8 Å². The molecule has 0 heterocycles. The van der Waals surface area contributed by atoms with Crippen molar-refractivity contribution in [2.24, 2.45) is 0 Å². The van der Waals surface area contributed by atoms with E-state index >= 15 is 0 Å². The normalized spacial score (nSPS) is 12.4. The van der Waals surface area contributed by atoms with E-state index in [0.29, 0.717) is 36.7 Å². The summed E-state index contributed by atoms with van der Waals surface area (Å²) in [6, 6.07) is 13.1. The highest BCUT2D eigenvalue weighted by atomic mass is 32.2. The van der Waals surface area contributed by atoms with E-state index in [-0.39, 0.29) is 10.8 Å². The molecule has 0 bridgehead atoms. The van der Waals surface area contributed by atoms with Gasteiger partial charge in [0.05, 0.1) is 12.0 Å². The number of carbonyl (C=O) groups excluding carboxylic acids is 1. The molecular formula is C21H28N2O5S. The second kappa shape index (κ2) is 10.3. The first kappa shape index (κ1) is 22.7. The zero-order valence-corrected chi connectivity index (χ0v) is 18.0. The van der Waals surface area contributed by atoms with Crippen LogP contribution in [0.5, 0.6) is 11.5 Å². The first-order chi connectivity index (χ1) is 13.8. The number of nitrogens with zero attached hydrogens (tertiary/aromatic N) is 1. The van der Waals surface area contributed by atoms with Crippen molar-refractivity contribution in [3.63, 3.8) is 0 Å². The maximum atomic E-state index is 12.6. The van der Waals surface area contributed by atoms with Crippen LogP contribution in [0.25, 0.3) is 0 Å². The zero-order valence-electron chi connectivity index (χ0n) is 17.2. The van der Waals surface area contributed by atoms with Gasteiger partial charge in [0.25, 0.3) is 5.91 Å². The fourth-order valence-electron chi connectivity index (χ4n) is 2.79. The Balaban J connectivity index is 2.06. The molecule has 0 unspecified atom stereocenters. The van der Waals surface area contributed by atoms with Crippen molar-refractivity contribution in [3.05, 3.63) is 48.5 Å². The zero-order chi connectivity index (χ0) is 21.4. The van der Waals surface area contributed by atoms with Crippen LogP contribution in [0.1, 0.15) is 27.2 Å². The second-order valence-electron chi connectivity index (χ2n) is 6.29. The molecule has 1 N–H and O–H groups in total. The Kier molecular flexibility index (Phi) is 8.04. The van der Waals surface area contributed by atoms with Crippen molar-refractivity contribution < 1.29 is 22.7 Å². The van der Waals surface area contributed by atoms with E-state index in [0.717, 1.165) is 0 Å². The van der Waals surface area contributed by atoms with Gasteiger partial charge in [-0.2, -0.15) is 4.31 Å². The van der Waals surface area contributed by atoms with E-state index in [2.05, 4.69) is 5.32 Å². The fourth-order valence-corrected chi connectivity index (χ4v) is 4.24. The maximum absolute atomic E-state index is 12.6. The van der Waals surface area contributed by atoms with E-state index in [4.69, 9.17) is 9.47 Å². The summed E-state index contributed by atoms with van der Waals surface area (Å²) in [5.74, 6) is 0.964. The minimum absolute atomic E-state index is 0.195. The highest BCUT2D eigenvalue weighted by Crippen LogP contribution is 2.21. The van der Waals surface area contributed by atoms with Crippen LogP contribution in [0.3, 0.4) is 0 Å². The number of amides is 1. The molecule has 0 saturated heterocycles. The second-order valence-corrected chi connectivity index (χ2v) is 8.23. The molecule has 0 radical (unpaired) electrons. The van der Waals surface area contributed by atoms with Crippen LogP contribution in [-0.2, 0) is 14.8 Å². The molecule has 8 heteroatoms. The fraction of sp³-hybridized carbons (Fsp3) is 0.381. The molecule has 1 amide bonds. The maximum Gasteiger partial charge on any atom is 0.265 e. The number of benzene rings is 2. The predicted octanol–water partition coefficient (Wildman–Crippen LogP) is 3.52. The Morgan fingerprint density at radius 1 is 0.966 bits per heavy atom. The predicted molar refractivity (Wildman–Crippen MR) is 113 cm³/mol. The number of sulfonamides is 1. The molecule has 1 atom stereocenters. The monoisotopic (exact) mass is 420 g/mol. The summed E-state index contributed by atoms with van der Waals surface area (Å²) < 4.78 is 37.3. The molecule has 0 aliphatic rings. The Hall–Kier alpha value is -2.58. The number of hydrogen-bond donors (Lipinski definition) is 1. The van der Waals surface area contributed by atoms with Gasteiger partial charge in [-0.05, 0) is 55.0 Å². The Bertz CT molecular complexity index is 892. The number of anilines is 1.